The molecule has 2 N–H and O–H groups in total. The van der Waals surface area contributed by atoms with Crippen molar-refractivity contribution in [2.45, 2.75) is 26.8 Å². The van der Waals surface area contributed by atoms with Crippen LogP contribution in [0.5, 0.6) is 0 Å². The molecular weight excluding hydrogens is 445 g/mol. The molecule has 1 aromatic carbocycles. The van der Waals surface area contributed by atoms with E-state index in [1.807, 2.05) is 19.1 Å². The number of aliphatic imine (C=N–C) groups is 1. The highest BCUT2D eigenvalue weighted by Gasteiger charge is 1.97. The normalized spacial score (nSPS) is 10.9. The van der Waals surface area contributed by atoms with Gasteiger partial charge in [-0.05, 0) is 38.0 Å². The molecule has 0 heterocycles. The highest BCUT2D eigenvalue weighted by molar-refractivity contribution is 14.0. The van der Waals surface area contributed by atoms with Gasteiger partial charge < -0.3 is 15.4 Å². The quantitative estimate of drug-likeness (QED) is 0.265. The number of nitrogens with zero attached hydrogens (tertiary/aromatic N) is 1. The summed E-state index contributed by atoms with van der Waals surface area (Å²) in [6.07, 6.45) is 0.983. The van der Waals surface area contributed by atoms with E-state index in [1.165, 1.54) is 5.56 Å². The van der Waals surface area contributed by atoms with Crippen molar-refractivity contribution in [3.63, 3.8) is 0 Å². The molecule has 0 radical (unpaired) electrons. The van der Waals surface area contributed by atoms with Crippen LogP contribution in [-0.2, 0) is 11.3 Å². The summed E-state index contributed by atoms with van der Waals surface area (Å²) in [5.74, 6) is 0.854. The molecule has 0 fully saturated rings. The lowest BCUT2D eigenvalue weighted by molar-refractivity contribution is 0.145. The van der Waals surface area contributed by atoms with E-state index in [2.05, 4.69) is 50.6 Å². The zero-order chi connectivity index (χ0) is 14.6. The monoisotopic (exact) mass is 469 g/mol. The van der Waals surface area contributed by atoms with E-state index in [9.17, 15) is 0 Å². The van der Waals surface area contributed by atoms with Crippen LogP contribution in [0.15, 0.2) is 33.7 Å². The van der Waals surface area contributed by atoms with Crippen molar-refractivity contribution in [2.24, 2.45) is 4.99 Å². The van der Waals surface area contributed by atoms with Crippen LogP contribution < -0.4 is 10.6 Å². The Labute approximate surface area is 153 Å². The van der Waals surface area contributed by atoms with Gasteiger partial charge in [0, 0.05) is 30.8 Å². The van der Waals surface area contributed by atoms with Crippen LogP contribution in [-0.4, -0.2) is 32.3 Å². The second-order valence-corrected chi connectivity index (χ2v) is 5.21. The summed E-state index contributed by atoms with van der Waals surface area (Å²) in [4.78, 5) is 4.57. The van der Waals surface area contributed by atoms with E-state index < -0.39 is 0 Å². The third-order valence-corrected chi connectivity index (χ3v) is 3.17. The molecule has 0 aliphatic rings. The molecule has 0 saturated carbocycles. The molecule has 0 amide bonds. The van der Waals surface area contributed by atoms with Crippen LogP contribution in [0.2, 0.25) is 0 Å². The van der Waals surface area contributed by atoms with Gasteiger partial charge in [-0.25, -0.2) is 4.99 Å². The van der Waals surface area contributed by atoms with Crippen LogP contribution in [0.3, 0.4) is 0 Å². The predicted molar refractivity (Wildman–Crippen MR) is 103 cm³/mol. The average Bonchev–Trinajstić information content (AvgIpc) is 2.46. The molecule has 0 bridgehead atoms. The maximum Gasteiger partial charge on any atom is 0.191 e. The first-order chi connectivity index (χ1) is 9.76. The minimum Gasteiger partial charge on any atom is -0.382 e. The van der Waals surface area contributed by atoms with Crippen molar-refractivity contribution < 1.29 is 4.74 Å². The number of rotatable bonds is 8. The summed E-state index contributed by atoms with van der Waals surface area (Å²) in [6, 6.07) is 8.22. The van der Waals surface area contributed by atoms with Gasteiger partial charge in [0.15, 0.2) is 5.96 Å². The lowest BCUT2D eigenvalue weighted by atomic mass is 10.2. The Kier molecular flexibility index (Phi) is 13.1. The zero-order valence-electron chi connectivity index (χ0n) is 12.7. The Balaban J connectivity index is 0.00000400. The SMILES string of the molecule is CCNC(=NCc1ccc(Br)cc1)NCCCOCC.I. The zero-order valence-corrected chi connectivity index (χ0v) is 16.6. The molecule has 0 aliphatic carbocycles. The molecule has 120 valence electrons. The first kappa shape index (κ1) is 20.7. The molecule has 0 aromatic heterocycles. The van der Waals surface area contributed by atoms with Gasteiger partial charge in [0.05, 0.1) is 6.54 Å². The molecule has 6 heteroatoms. The molecule has 0 aliphatic heterocycles. The first-order valence-electron chi connectivity index (χ1n) is 7.10. The van der Waals surface area contributed by atoms with Gasteiger partial charge in [-0.1, -0.05) is 28.1 Å². The lowest BCUT2D eigenvalue weighted by Gasteiger charge is -2.11. The highest BCUT2D eigenvalue weighted by Crippen LogP contribution is 2.10. The van der Waals surface area contributed by atoms with Crippen molar-refractivity contribution >= 4 is 45.9 Å². The maximum atomic E-state index is 5.31. The Morgan fingerprint density at radius 3 is 2.52 bits per heavy atom. The molecular formula is C15H25BrIN3O. The van der Waals surface area contributed by atoms with Crippen LogP contribution >= 0.6 is 39.9 Å². The van der Waals surface area contributed by atoms with Crippen LogP contribution in [0.25, 0.3) is 0 Å². The second kappa shape index (κ2) is 13.3. The Hall–Kier alpha value is -0.340. The Morgan fingerprint density at radius 1 is 1.19 bits per heavy atom. The van der Waals surface area contributed by atoms with E-state index >= 15 is 0 Å². The van der Waals surface area contributed by atoms with Crippen LogP contribution in [0, 0.1) is 0 Å². The number of ether oxygens (including phenoxy) is 1. The summed E-state index contributed by atoms with van der Waals surface area (Å²) < 4.78 is 6.40. The van der Waals surface area contributed by atoms with Crippen molar-refractivity contribution in [1.82, 2.24) is 10.6 Å². The van der Waals surface area contributed by atoms with E-state index in [4.69, 9.17) is 4.74 Å². The summed E-state index contributed by atoms with van der Waals surface area (Å²) in [5, 5.41) is 6.55. The van der Waals surface area contributed by atoms with Gasteiger partial charge in [0.25, 0.3) is 0 Å². The fraction of sp³-hybridized carbons (Fsp3) is 0.533. The van der Waals surface area contributed by atoms with Gasteiger partial charge in [0.2, 0.25) is 0 Å². The van der Waals surface area contributed by atoms with Gasteiger partial charge >= 0.3 is 0 Å². The summed E-state index contributed by atoms with van der Waals surface area (Å²) >= 11 is 3.43. The van der Waals surface area contributed by atoms with Crippen molar-refractivity contribution in [3.05, 3.63) is 34.3 Å². The van der Waals surface area contributed by atoms with E-state index in [1.54, 1.807) is 0 Å². The number of halogens is 2. The molecule has 0 unspecified atom stereocenters. The lowest BCUT2D eigenvalue weighted by Crippen LogP contribution is -2.38. The van der Waals surface area contributed by atoms with E-state index in [0.29, 0.717) is 6.54 Å². The van der Waals surface area contributed by atoms with Gasteiger partial charge in [0.1, 0.15) is 0 Å². The van der Waals surface area contributed by atoms with Gasteiger partial charge in [-0.2, -0.15) is 0 Å². The minimum atomic E-state index is 0. The van der Waals surface area contributed by atoms with Crippen LogP contribution in [0.4, 0.5) is 0 Å². The number of guanidine groups is 1. The fourth-order valence-corrected chi connectivity index (χ4v) is 1.89. The highest BCUT2D eigenvalue weighted by atomic mass is 127. The third kappa shape index (κ3) is 10.1. The molecule has 0 atom stereocenters. The fourth-order valence-electron chi connectivity index (χ4n) is 1.63. The minimum absolute atomic E-state index is 0. The summed E-state index contributed by atoms with van der Waals surface area (Å²) in [6.45, 7) is 8.04. The predicted octanol–water partition coefficient (Wildman–Crippen LogP) is 3.55. The number of nitrogens with one attached hydrogen (secondary N) is 2. The Bertz CT molecular complexity index is 398. The molecule has 0 saturated heterocycles. The van der Waals surface area contributed by atoms with E-state index in [0.717, 1.165) is 43.2 Å². The topological polar surface area (TPSA) is 45.7 Å². The number of benzene rings is 1. The molecule has 4 nitrogen and oxygen atoms in total. The largest absolute Gasteiger partial charge is 0.382 e. The molecule has 1 rings (SSSR count). The second-order valence-electron chi connectivity index (χ2n) is 4.30. The number of hydrogen-bond donors (Lipinski definition) is 2. The standard InChI is InChI=1S/C15H24BrN3O.HI/c1-3-17-15(18-10-5-11-20-4-2)19-12-13-6-8-14(16)9-7-13;/h6-9H,3-5,10-12H2,1-2H3,(H2,17,18,19);1H. The van der Waals surface area contributed by atoms with Crippen LogP contribution in [0.1, 0.15) is 25.8 Å². The average molecular weight is 470 g/mol. The van der Waals surface area contributed by atoms with Crippen molar-refractivity contribution in [3.8, 4) is 0 Å². The summed E-state index contributed by atoms with van der Waals surface area (Å²) in [7, 11) is 0. The van der Waals surface area contributed by atoms with Gasteiger partial charge in [-0.3, -0.25) is 0 Å². The first-order valence-corrected chi connectivity index (χ1v) is 7.90. The van der Waals surface area contributed by atoms with Crippen molar-refractivity contribution in [2.75, 3.05) is 26.3 Å². The smallest absolute Gasteiger partial charge is 0.191 e. The molecule has 21 heavy (non-hydrogen) atoms. The van der Waals surface area contributed by atoms with E-state index in [-0.39, 0.29) is 24.0 Å². The molecule has 1 aromatic rings. The molecule has 0 spiro atoms. The van der Waals surface area contributed by atoms with Crippen molar-refractivity contribution in [1.29, 1.82) is 0 Å². The summed E-state index contributed by atoms with van der Waals surface area (Å²) in [5.41, 5.74) is 1.19. The van der Waals surface area contributed by atoms with Gasteiger partial charge in [-0.15, -0.1) is 24.0 Å². The third-order valence-electron chi connectivity index (χ3n) is 2.64. The Morgan fingerprint density at radius 2 is 1.90 bits per heavy atom. The maximum absolute atomic E-state index is 5.31. The number of hydrogen-bond acceptors (Lipinski definition) is 2.